The number of halogens is 2. The molecule has 2 aliphatic rings. The molecule has 1 aromatic carbocycles. The minimum Gasteiger partial charge on any atom is -0.374 e. The number of nitrogens with one attached hydrogen (secondary N) is 1. The van der Waals surface area contributed by atoms with Gasteiger partial charge in [0.2, 0.25) is 5.95 Å². The summed E-state index contributed by atoms with van der Waals surface area (Å²) >= 11 is 0. The molecule has 1 spiro atoms. The zero-order valence-electron chi connectivity index (χ0n) is 24.1. The molecule has 0 aliphatic carbocycles. The monoisotopic (exact) mass is 562 g/mol. The van der Waals surface area contributed by atoms with E-state index in [0.717, 1.165) is 50.8 Å². The molecular formula is C30H36F2N8O. The average Bonchev–Trinajstić information content (AvgIpc) is 3.26. The fourth-order valence-corrected chi connectivity index (χ4v) is 6.57. The summed E-state index contributed by atoms with van der Waals surface area (Å²) in [5.41, 5.74) is 2.93. The first-order chi connectivity index (χ1) is 19.5. The van der Waals surface area contributed by atoms with E-state index in [4.69, 9.17) is 0 Å². The van der Waals surface area contributed by atoms with Crippen LogP contribution < -0.4 is 5.32 Å². The van der Waals surface area contributed by atoms with Gasteiger partial charge in [0, 0.05) is 49.0 Å². The van der Waals surface area contributed by atoms with Crippen LogP contribution in [0, 0.1) is 30.9 Å². The number of aryl methyl sites for hydroxylation is 2. The number of pyridine rings is 1. The smallest absolute Gasteiger partial charge is 0.229 e. The van der Waals surface area contributed by atoms with E-state index in [1.807, 2.05) is 38.3 Å². The summed E-state index contributed by atoms with van der Waals surface area (Å²) in [6.07, 6.45) is 2.50. The number of likely N-dealkylation sites (tertiary alicyclic amines) is 2. The van der Waals surface area contributed by atoms with Crippen molar-refractivity contribution in [1.29, 1.82) is 0 Å². The van der Waals surface area contributed by atoms with Crippen LogP contribution in [0.5, 0.6) is 0 Å². The van der Waals surface area contributed by atoms with Gasteiger partial charge >= 0.3 is 0 Å². The number of piperidine rings is 1. The molecule has 0 bridgehead atoms. The lowest BCUT2D eigenvalue weighted by molar-refractivity contribution is -0.0801. The molecule has 216 valence electrons. The summed E-state index contributed by atoms with van der Waals surface area (Å²) < 4.78 is 31.9. The number of imidazole rings is 1. The molecule has 3 aromatic heterocycles. The van der Waals surface area contributed by atoms with Gasteiger partial charge in [-0.15, -0.1) is 0 Å². The van der Waals surface area contributed by atoms with Gasteiger partial charge in [-0.2, -0.15) is 0 Å². The summed E-state index contributed by atoms with van der Waals surface area (Å²) in [6, 6.07) is 6.60. The van der Waals surface area contributed by atoms with Crippen molar-refractivity contribution in [2.24, 2.45) is 5.41 Å². The van der Waals surface area contributed by atoms with E-state index in [9.17, 15) is 9.50 Å². The third-order valence-electron chi connectivity index (χ3n) is 8.52. The van der Waals surface area contributed by atoms with Gasteiger partial charge in [0.05, 0.1) is 11.7 Å². The number of nitrogens with zero attached hydrogens (tertiary/aromatic N) is 7. The van der Waals surface area contributed by atoms with Crippen LogP contribution in [0.4, 0.5) is 20.5 Å². The van der Waals surface area contributed by atoms with E-state index in [1.54, 1.807) is 12.1 Å². The number of hydrogen-bond donors (Lipinski definition) is 2. The molecule has 4 aromatic rings. The molecule has 2 aliphatic heterocycles. The van der Waals surface area contributed by atoms with Crippen LogP contribution in [-0.4, -0.2) is 72.6 Å². The minimum atomic E-state index is -0.729. The van der Waals surface area contributed by atoms with Crippen LogP contribution in [-0.2, 0) is 0 Å². The van der Waals surface area contributed by atoms with Crippen molar-refractivity contribution in [3.63, 3.8) is 0 Å². The maximum absolute atomic E-state index is 15.0. The molecule has 1 unspecified atom stereocenters. The molecule has 2 N–H and O–H groups in total. The molecule has 0 amide bonds. The maximum Gasteiger partial charge on any atom is 0.229 e. The first kappa shape index (κ1) is 27.6. The molecule has 41 heavy (non-hydrogen) atoms. The lowest BCUT2D eigenvalue weighted by atomic mass is 9.72. The van der Waals surface area contributed by atoms with E-state index < -0.39 is 17.9 Å². The highest BCUT2D eigenvalue weighted by atomic mass is 19.1. The highest BCUT2D eigenvalue weighted by molar-refractivity contribution is 5.83. The van der Waals surface area contributed by atoms with Crippen molar-refractivity contribution >= 4 is 22.8 Å². The van der Waals surface area contributed by atoms with Crippen LogP contribution in [0.1, 0.15) is 56.0 Å². The first-order valence-corrected chi connectivity index (χ1v) is 14.1. The molecule has 5 heterocycles. The lowest BCUT2D eigenvalue weighted by Gasteiger charge is -2.53. The zero-order valence-corrected chi connectivity index (χ0v) is 24.1. The van der Waals surface area contributed by atoms with E-state index in [2.05, 4.69) is 42.1 Å². The quantitative estimate of drug-likeness (QED) is 0.334. The Hall–Kier alpha value is -3.54. The molecule has 9 nitrogen and oxygen atoms in total. The molecule has 0 radical (unpaired) electrons. The van der Waals surface area contributed by atoms with Gasteiger partial charge in [0.15, 0.2) is 11.6 Å². The van der Waals surface area contributed by atoms with E-state index in [1.165, 1.54) is 6.07 Å². The summed E-state index contributed by atoms with van der Waals surface area (Å²) in [6.45, 7) is 11.6. The summed E-state index contributed by atoms with van der Waals surface area (Å²) in [4.78, 5) is 21.9. The molecular weight excluding hydrogens is 526 g/mol. The number of aliphatic hydroxyl groups excluding tert-OH is 1. The summed E-state index contributed by atoms with van der Waals surface area (Å²) in [7, 11) is 2.15. The van der Waals surface area contributed by atoms with Crippen LogP contribution in [0.3, 0.4) is 0 Å². The average molecular weight is 563 g/mol. The van der Waals surface area contributed by atoms with E-state index in [-0.39, 0.29) is 23.2 Å². The van der Waals surface area contributed by atoms with Gasteiger partial charge < -0.3 is 19.9 Å². The van der Waals surface area contributed by atoms with Crippen molar-refractivity contribution in [3.8, 4) is 11.3 Å². The van der Waals surface area contributed by atoms with Crippen LogP contribution in [0.25, 0.3) is 22.3 Å². The molecule has 11 heteroatoms. The maximum atomic E-state index is 15.0. The zero-order chi connectivity index (χ0) is 29.1. The van der Waals surface area contributed by atoms with E-state index in [0.29, 0.717) is 33.8 Å². The van der Waals surface area contributed by atoms with Gasteiger partial charge in [0.25, 0.3) is 0 Å². The predicted molar refractivity (Wildman–Crippen MR) is 154 cm³/mol. The molecule has 2 saturated heterocycles. The Morgan fingerprint density at radius 3 is 2.39 bits per heavy atom. The summed E-state index contributed by atoms with van der Waals surface area (Å²) in [5.74, 6) is 0.0645. The standard InChI is InChI=1S/C30H36F2N8O/c1-17(2)40-19(4)35-27-22(31)12-20(13-24(27)40)26-23(32)14-33-29(37-26)36-25-7-6-21(18(3)34-25)28(41)39-10-8-30(9-11-39)15-38(5)16-30/h6-7,12-14,17,28,41H,8-11,15-16H2,1-5H3,(H,33,34,36,37). The van der Waals surface area contributed by atoms with Gasteiger partial charge in [0.1, 0.15) is 29.1 Å². The number of fused-ring (bicyclic) bond motifs is 1. The Morgan fingerprint density at radius 1 is 1.00 bits per heavy atom. The number of hydrogen-bond acceptors (Lipinski definition) is 8. The van der Waals surface area contributed by atoms with E-state index >= 15 is 4.39 Å². The Morgan fingerprint density at radius 2 is 1.73 bits per heavy atom. The SMILES string of the molecule is Cc1nc(Nc2ncc(F)c(-c3cc(F)c4nc(C)n(C(C)C)c4c3)n2)ccc1C(O)N1CCC2(CC1)CN(C)C2. The second kappa shape index (κ2) is 10.4. The Kier molecular flexibility index (Phi) is 6.99. The Labute approximate surface area is 238 Å². The lowest BCUT2D eigenvalue weighted by Crippen LogP contribution is -2.58. The fourth-order valence-electron chi connectivity index (χ4n) is 6.57. The van der Waals surface area contributed by atoms with Crippen molar-refractivity contribution in [2.45, 2.75) is 52.8 Å². The third-order valence-corrected chi connectivity index (χ3v) is 8.52. The molecule has 6 rings (SSSR count). The largest absolute Gasteiger partial charge is 0.374 e. The number of aromatic nitrogens is 5. The topological polar surface area (TPSA) is 95.2 Å². The number of aliphatic hydroxyl groups is 1. The minimum absolute atomic E-state index is 0.0262. The van der Waals surface area contributed by atoms with Gasteiger partial charge in [-0.05, 0) is 77.3 Å². The number of anilines is 2. The third kappa shape index (κ3) is 5.06. The normalized spacial score (nSPS) is 18.3. The summed E-state index contributed by atoms with van der Waals surface area (Å²) in [5, 5.41) is 14.1. The van der Waals surface area contributed by atoms with Gasteiger partial charge in [-0.25, -0.2) is 28.7 Å². The van der Waals surface area contributed by atoms with Crippen molar-refractivity contribution in [1.82, 2.24) is 34.3 Å². The Balaban J connectivity index is 1.21. The van der Waals surface area contributed by atoms with Crippen LogP contribution in [0.15, 0.2) is 30.5 Å². The van der Waals surface area contributed by atoms with Gasteiger partial charge in [-0.3, -0.25) is 4.90 Å². The van der Waals surface area contributed by atoms with Crippen molar-refractivity contribution in [3.05, 3.63) is 59.2 Å². The van der Waals surface area contributed by atoms with Crippen LogP contribution >= 0.6 is 0 Å². The Bertz CT molecular complexity index is 1600. The van der Waals surface area contributed by atoms with Crippen LogP contribution in [0.2, 0.25) is 0 Å². The number of benzene rings is 1. The molecule has 1 atom stereocenters. The highest BCUT2D eigenvalue weighted by Crippen LogP contribution is 2.41. The first-order valence-electron chi connectivity index (χ1n) is 14.1. The fraction of sp³-hybridized carbons (Fsp3) is 0.467. The van der Waals surface area contributed by atoms with Crippen molar-refractivity contribution in [2.75, 3.05) is 38.5 Å². The highest BCUT2D eigenvalue weighted by Gasteiger charge is 2.44. The number of rotatable bonds is 6. The predicted octanol–water partition coefficient (Wildman–Crippen LogP) is 5.13. The van der Waals surface area contributed by atoms with Gasteiger partial charge in [-0.1, -0.05) is 0 Å². The molecule has 2 fully saturated rings. The second-order valence-electron chi connectivity index (χ2n) is 11.9. The second-order valence-corrected chi connectivity index (χ2v) is 11.9. The van der Waals surface area contributed by atoms with Crippen molar-refractivity contribution < 1.29 is 13.9 Å². The molecule has 0 saturated carbocycles.